The van der Waals surface area contributed by atoms with E-state index in [2.05, 4.69) is 5.32 Å². The van der Waals surface area contributed by atoms with Crippen molar-refractivity contribution >= 4 is 17.6 Å². The van der Waals surface area contributed by atoms with Gasteiger partial charge in [0.25, 0.3) is 0 Å². The van der Waals surface area contributed by atoms with Gasteiger partial charge in [-0.15, -0.1) is 0 Å². The molecular weight excluding hydrogens is 277 g/mol. The standard InChI is InChI=1S/C12H13F3N2O3/c1-6(11(19)20)5-17-7-2-3-8(10(16)18)9(4-7)12(13,14)15/h2-4,6,17H,5H2,1H3,(H2,16,18)(H,19,20). The first-order valence-electron chi connectivity index (χ1n) is 5.60. The van der Waals surface area contributed by atoms with Crippen molar-refractivity contribution in [3.05, 3.63) is 29.3 Å². The molecule has 0 spiro atoms. The van der Waals surface area contributed by atoms with Crippen LogP contribution in [0.1, 0.15) is 22.8 Å². The van der Waals surface area contributed by atoms with Gasteiger partial charge in [0.2, 0.25) is 5.91 Å². The third kappa shape index (κ3) is 3.87. The first-order valence-corrected chi connectivity index (χ1v) is 5.60. The lowest BCUT2D eigenvalue weighted by Crippen LogP contribution is -2.21. The lowest BCUT2D eigenvalue weighted by atomic mass is 10.1. The van der Waals surface area contributed by atoms with Gasteiger partial charge in [-0.2, -0.15) is 13.2 Å². The molecule has 20 heavy (non-hydrogen) atoms. The van der Waals surface area contributed by atoms with Gasteiger partial charge in [0, 0.05) is 12.2 Å². The van der Waals surface area contributed by atoms with E-state index in [9.17, 15) is 22.8 Å². The van der Waals surface area contributed by atoms with Crippen molar-refractivity contribution in [2.75, 3.05) is 11.9 Å². The van der Waals surface area contributed by atoms with Gasteiger partial charge in [-0.3, -0.25) is 9.59 Å². The van der Waals surface area contributed by atoms with Crippen molar-refractivity contribution < 1.29 is 27.9 Å². The van der Waals surface area contributed by atoms with Crippen LogP contribution >= 0.6 is 0 Å². The number of nitrogens with one attached hydrogen (secondary N) is 1. The highest BCUT2D eigenvalue weighted by molar-refractivity contribution is 5.95. The van der Waals surface area contributed by atoms with Crippen molar-refractivity contribution in [2.45, 2.75) is 13.1 Å². The summed E-state index contributed by atoms with van der Waals surface area (Å²) in [7, 11) is 0. The van der Waals surface area contributed by atoms with Crippen LogP contribution in [0.15, 0.2) is 18.2 Å². The number of carboxylic acids is 1. The number of amides is 1. The van der Waals surface area contributed by atoms with Gasteiger partial charge in [0.15, 0.2) is 0 Å². The van der Waals surface area contributed by atoms with Crippen molar-refractivity contribution in [1.82, 2.24) is 0 Å². The molecule has 1 aromatic carbocycles. The lowest BCUT2D eigenvalue weighted by Gasteiger charge is -2.14. The average Bonchev–Trinajstić information content (AvgIpc) is 2.34. The van der Waals surface area contributed by atoms with Crippen LogP contribution in [-0.4, -0.2) is 23.5 Å². The highest BCUT2D eigenvalue weighted by atomic mass is 19.4. The maximum atomic E-state index is 12.8. The van der Waals surface area contributed by atoms with Gasteiger partial charge in [-0.25, -0.2) is 0 Å². The van der Waals surface area contributed by atoms with Crippen LogP contribution in [-0.2, 0) is 11.0 Å². The molecule has 110 valence electrons. The Labute approximate surface area is 112 Å². The maximum absolute atomic E-state index is 12.8. The first kappa shape index (κ1) is 15.8. The fourth-order valence-corrected chi connectivity index (χ4v) is 1.46. The number of aliphatic carboxylic acids is 1. The summed E-state index contributed by atoms with van der Waals surface area (Å²) in [4.78, 5) is 21.6. The van der Waals surface area contributed by atoms with Crippen LogP contribution in [0.25, 0.3) is 0 Å². The molecular formula is C12H13F3N2O3. The van der Waals surface area contributed by atoms with E-state index in [4.69, 9.17) is 10.8 Å². The summed E-state index contributed by atoms with van der Waals surface area (Å²) in [5.74, 6) is -3.01. The molecule has 0 saturated carbocycles. The van der Waals surface area contributed by atoms with E-state index in [-0.39, 0.29) is 12.2 Å². The van der Waals surface area contributed by atoms with Crippen LogP contribution in [0.4, 0.5) is 18.9 Å². The topological polar surface area (TPSA) is 92.4 Å². The van der Waals surface area contributed by atoms with Gasteiger partial charge < -0.3 is 16.2 Å². The summed E-state index contributed by atoms with van der Waals surface area (Å²) in [5, 5.41) is 11.3. The number of rotatable bonds is 5. The molecule has 0 radical (unpaired) electrons. The molecule has 1 aromatic rings. The van der Waals surface area contributed by atoms with E-state index in [1.54, 1.807) is 0 Å². The number of primary amides is 1. The molecule has 0 heterocycles. The number of hydrogen-bond acceptors (Lipinski definition) is 3. The molecule has 0 aliphatic heterocycles. The van der Waals surface area contributed by atoms with E-state index in [0.29, 0.717) is 0 Å². The van der Waals surface area contributed by atoms with Gasteiger partial charge in [-0.05, 0) is 18.2 Å². The Morgan fingerprint density at radius 3 is 2.45 bits per heavy atom. The van der Waals surface area contributed by atoms with Gasteiger partial charge in [0.05, 0.1) is 17.0 Å². The van der Waals surface area contributed by atoms with Crippen LogP contribution in [0, 0.1) is 5.92 Å². The van der Waals surface area contributed by atoms with Gasteiger partial charge in [0.1, 0.15) is 0 Å². The molecule has 0 aliphatic rings. The number of hydrogen-bond donors (Lipinski definition) is 3. The normalized spacial score (nSPS) is 12.8. The zero-order chi connectivity index (χ0) is 15.5. The second kappa shape index (κ2) is 5.81. The molecule has 1 amide bonds. The zero-order valence-electron chi connectivity index (χ0n) is 10.5. The highest BCUT2D eigenvalue weighted by Crippen LogP contribution is 2.33. The van der Waals surface area contributed by atoms with Crippen LogP contribution in [0.3, 0.4) is 0 Å². The summed E-state index contributed by atoms with van der Waals surface area (Å²) in [6.07, 6.45) is -4.72. The number of halogens is 3. The molecule has 1 atom stereocenters. The minimum absolute atomic E-state index is 0.0391. The Kier molecular flexibility index (Phi) is 4.59. The summed E-state index contributed by atoms with van der Waals surface area (Å²) >= 11 is 0. The first-order chi connectivity index (χ1) is 9.12. The number of carboxylic acid groups (broad SMARTS) is 1. The van der Waals surface area contributed by atoms with Gasteiger partial charge in [-0.1, -0.05) is 6.92 Å². The molecule has 5 nitrogen and oxygen atoms in total. The molecule has 0 fully saturated rings. The number of anilines is 1. The largest absolute Gasteiger partial charge is 0.481 e. The third-order valence-electron chi connectivity index (χ3n) is 2.62. The Morgan fingerprint density at radius 1 is 1.40 bits per heavy atom. The summed E-state index contributed by atoms with van der Waals surface area (Å²) < 4.78 is 38.4. The van der Waals surface area contributed by atoms with Crippen molar-refractivity contribution in [3.63, 3.8) is 0 Å². The van der Waals surface area contributed by atoms with E-state index >= 15 is 0 Å². The molecule has 0 bridgehead atoms. The van der Waals surface area contributed by atoms with Crippen LogP contribution in [0.2, 0.25) is 0 Å². The summed E-state index contributed by atoms with van der Waals surface area (Å²) in [5.41, 5.74) is 3.17. The van der Waals surface area contributed by atoms with Gasteiger partial charge >= 0.3 is 12.1 Å². The number of alkyl halides is 3. The minimum Gasteiger partial charge on any atom is -0.481 e. The lowest BCUT2D eigenvalue weighted by molar-refractivity contribution is -0.140. The van der Waals surface area contributed by atoms with E-state index in [0.717, 1.165) is 12.1 Å². The second-order valence-electron chi connectivity index (χ2n) is 4.24. The number of nitrogens with two attached hydrogens (primary N) is 1. The number of carbonyl (C=O) groups is 2. The fraction of sp³-hybridized carbons (Fsp3) is 0.333. The summed E-state index contributed by atoms with van der Waals surface area (Å²) in [6.45, 7) is 1.38. The smallest absolute Gasteiger partial charge is 0.417 e. The van der Waals surface area contributed by atoms with Crippen LogP contribution in [0.5, 0.6) is 0 Å². The molecule has 1 rings (SSSR count). The van der Waals surface area contributed by atoms with Crippen LogP contribution < -0.4 is 11.1 Å². The predicted octanol–water partition coefficient (Wildman–Crippen LogP) is 1.94. The third-order valence-corrected chi connectivity index (χ3v) is 2.62. The van der Waals surface area contributed by atoms with Crippen molar-refractivity contribution in [1.29, 1.82) is 0 Å². The predicted molar refractivity (Wildman–Crippen MR) is 65.3 cm³/mol. The Balaban J connectivity index is 3.02. The minimum atomic E-state index is -4.72. The molecule has 1 unspecified atom stereocenters. The zero-order valence-corrected chi connectivity index (χ0v) is 10.5. The monoisotopic (exact) mass is 290 g/mol. The molecule has 0 aliphatic carbocycles. The molecule has 8 heteroatoms. The van der Waals surface area contributed by atoms with E-state index < -0.39 is 35.1 Å². The average molecular weight is 290 g/mol. The molecule has 0 saturated heterocycles. The summed E-state index contributed by atoms with van der Waals surface area (Å²) in [6, 6.07) is 2.93. The molecule has 0 aromatic heterocycles. The Bertz CT molecular complexity index is 529. The van der Waals surface area contributed by atoms with Crippen molar-refractivity contribution in [3.8, 4) is 0 Å². The highest BCUT2D eigenvalue weighted by Gasteiger charge is 2.35. The molecule has 4 N–H and O–H groups in total. The number of benzene rings is 1. The fourth-order valence-electron chi connectivity index (χ4n) is 1.46. The van der Waals surface area contributed by atoms with Crippen molar-refractivity contribution in [2.24, 2.45) is 11.7 Å². The maximum Gasteiger partial charge on any atom is 0.417 e. The second-order valence-corrected chi connectivity index (χ2v) is 4.24. The Morgan fingerprint density at radius 2 is 2.00 bits per heavy atom. The van der Waals surface area contributed by atoms with E-state index in [1.807, 2.05) is 0 Å². The SMILES string of the molecule is CC(CNc1ccc(C(N)=O)c(C(F)(F)F)c1)C(=O)O. The Hall–Kier alpha value is -2.25. The number of carbonyl (C=O) groups excluding carboxylic acids is 1. The van der Waals surface area contributed by atoms with E-state index in [1.165, 1.54) is 13.0 Å². The quantitative estimate of drug-likeness (QED) is 0.772.